The number of hydrogen-bond donors (Lipinski definition) is 0. The number of hydrogen-bond acceptors (Lipinski definition) is 6. The Kier molecular flexibility index (Phi) is 5.74. The van der Waals surface area contributed by atoms with Crippen LogP contribution in [0, 0.1) is 5.92 Å². The molecular weight excluding hydrogens is 414 g/mol. The van der Waals surface area contributed by atoms with Gasteiger partial charge in [-0.05, 0) is 26.3 Å². The van der Waals surface area contributed by atoms with E-state index < -0.39 is 0 Å². The van der Waals surface area contributed by atoms with Gasteiger partial charge in [0.2, 0.25) is 5.91 Å². The number of carbonyl (C=O) groups excluding carboxylic acids is 1. The van der Waals surface area contributed by atoms with Gasteiger partial charge in [0, 0.05) is 76.5 Å². The molecule has 2 saturated heterocycles. The van der Waals surface area contributed by atoms with Gasteiger partial charge in [-0.15, -0.1) is 0 Å². The molecule has 2 aromatic rings. The van der Waals surface area contributed by atoms with Crippen LogP contribution in [0.1, 0.15) is 43.4 Å². The Labute approximate surface area is 196 Å². The first kappa shape index (κ1) is 21.4. The van der Waals surface area contributed by atoms with E-state index in [1.807, 2.05) is 16.8 Å². The monoisotopic (exact) mass is 451 g/mol. The molecule has 5 heterocycles. The first-order chi connectivity index (χ1) is 16.2. The SMILES string of the molecule is CN1CCc2nc3ccnn3c(N3CC(C(=O)N4CCN(C5CCCCC5)CC4)C3)c2CC1. The topological polar surface area (TPSA) is 60.2 Å². The summed E-state index contributed by atoms with van der Waals surface area (Å²) in [7, 11) is 2.18. The van der Waals surface area contributed by atoms with Crippen LogP contribution in [-0.2, 0) is 17.6 Å². The average molecular weight is 452 g/mol. The highest BCUT2D eigenvalue weighted by atomic mass is 16.2. The van der Waals surface area contributed by atoms with Gasteiger partial charge < -0.3 is 14.7 Å². The second-order valence-electron chi connectivity index (χ2n) is 10.5. The molecule has 3 aliphatic heterocycles. The standard InChI is InChI=1S/C25H37N7O/c1-28-11-8-21-22(9-12-28)27-23-7-10-26-32(23)24(21)31-17-19(18-31)25(33)30-15-13-29(14-16-30)20-5-3-2-4-6-20/h7,10,19-20H,2-6,8-9,11-18H2,1H3. The Morgan fingerprint density at radius 1 is 0.970 bits per heavy atom. The first-order valence-electron chi connectivity index (χ1n) is 13.0. The van der Waals surface area contributed by atoms with Crippen molar-refractivity contribution in [3.8, 4) is 0 Å². The van der Waals surface area contributed by atoms with Crippen LogP contribution in [0.25, 0.3) is 5.65 Å². The largest absolute Gasteiger partial charge is 0.354 e. The summed E-state index contributed by atoms with van der Waals surface area (Å²) in [6, 6.07) is 2.75. The van der Waals surface area contributed by atoms with Crippen LogP contribution in [0.5, 0.6) is 0 Å². The van der Waals surface area contributed by atoms with Crippen molar-refractivity contribution in [1.29, 1.82) is 0 Å². The van der Waals surface area contributed by atoms with Gasteiger partial charge in [0.05, 0.1) is 17.8 Å². The fourth-order valence-electron chi connectivity index (χ4n) is 6.33. The highest BCUT2D eigenvalue weighted by Crippen LogP contribution is 2.33. The maximum atomic E-state index is 13.3. The molecule has 1 amide bonds. The second-order valence-corrected chi connectivity index (χ2v) is 10.5. The molecule has 0 radical (unpaired) electrons. The Balaban J connectivity index is 1.12. The zero-order valence-electron chi connectivity index (χ0n) is 20.0. The summed E-state index contributed by atoms with van der Waals surface area (Å²) in [4.78, 5) is 27.7. The van der Waals surface area contributed by atoms with E-state index in [9.17, 15) is 4.79 Å². The molecule has 8 nitrogen and oxygen atoms in total. The van der Waals surface area contributed by atoms with Crippen molar-refractivity contribution in [1.82, 2.24) is 29.3 Å². The lowest BCUT2D eigenvalue weighted by molar-refractivity contribution is -0.138. The predicted octanol–water partition coefficient (Wildman–Crippen LogP) is 1.67. The van der Waals surface area contributed by atoms with E-state index in [0.717, 1.165) is 76.9 Å². The van der Waals surface area contributed by atoms with Gasteiger partial charge in [0.15, 0.2) is 5.65 Å². The minimum Gasteiger partial charge on any atom is -0.354 e. The number of fused-ring (bicyclic) bond motifs is 2. The van der Waals surface area contributed by atoms with Crippen molar-refractivity contribution < 1.29 is 4.79 Å². The molecule has 0 N–H and O–H groups in total. The molecule has 8 heteroatoms. The van der Waals surface area contributed by atoms with Crippen LogP contribution in [0.3, 0.4) is 0 Å². The summed E-state index contributed by atoms with van der Waals surface area (Å²) >= 11 is 0. The van der Waals surface area contributed by atoms with Gasteiger partial charge in [0.1, 0.15) is 5.82 Å². The zero-order valence-corrected chi connectivity index (χ0v) is 20.0. The van der Waals surface area contributed by atoms with E-state index in [-0.39, 0.29) is 5.92 Å². The van der Waals surface area contributed by atoms with Crippen LogP contribution >= 0.6 is 0 Å². The zero-order chi connectivity index (χ0) is 22.4. The van der Waals surface area contributed by atoms with E-state index in [1.54, 1.807) is 0 Å². The molecule has 178 valence electrons. The van der Waals surface area contributed by atoms with Crippen LogP contribution in [0.15, 0.2) is 12.3 Å². The van der Waals surface area contributed by atoms with E-state index >= 15 is 0 Å². The first-order valence-corrected chi connectivity index (χ1v) is 13.0. The summed E-state index contributed by atoms with van der Waals surface area (Å²) in [6.07, 6.45) is 10.6. The quantitative estimate of drug-likeness (QED) is 0.708. The molecule has 0 unspecified atom stereocenters. The van der Waals surface area contributed by atoms with E-state index in [1.165, 1.54) is 49.2 Å². The average Bonchev–Trinajstić information content (AvgIpc) is 3.21. The minimum absolute atomic E-state index is 0.106. The highest BCUT2D eigenvalue weighted by Gasteiger charge is 2.39. The summed E-state index contributed by atoms with van der Waals surface area (Å²) in [5.41, 5.74) is 3.44. The third-order valence-corrected chi connectivity index (χ3v) is 8.41. The Morgan fingerprint density at radius 3 is 2.52 bits per heavy atom. The summed E-state index contributed by atoms with van der Waals surface area (Å²) in [5.74, 6) is 1.63. The fourth-order valence-corrected chi connectivity index (χ4v) is 6.33. The molecule has 1 aliphatic carbocycles. The second kappa shape index (κ2) is 8.87. The van der Waals surface area contributed by atoms with Gasteiger partial charge in [-0.3, -0.25) is 9.69 Å². The van der Waals surface area contributed by atoms with Gasteiger partial charge in [-0.2, -0.15) is 9.61 Å². The molecule has 33 heavy (non-hydrogen) atoms. The number of aromatic nitrogens is 3. The van der Waals surface area contributed by atoms with Crippen LogP contribution in [-0.4, -0.2) is 101 Å². The lowest BCUT2D eigenvalue weighted by Crippen LogP contribution is -2.59. The lowest BCUT2D eigenvalue weighted by atomic mass is 9.93. The predicted molar refractivity (Wildman–Crippen MR) is 129 cm³/mol. The normalized spacial score (nSPS) is 24.0. The Morgan fingerprint density at radius 2 is 1.73 bits per heavy atom. The highest BCUT2D eigenvalue weighted by molar-refractivity contribution is 5.82. The molecule has 6 rings (SSSR count). The number of carbonyl (C=O) groups is 1. The molecule has 0 spiro atoms. The van der Waals surface area contributed by atoms with Crippen molar-refractivity contribution in [3.63, 3.8) is 0 Å². The van der Waals surface area contributed by atoms with E-state index in [0.29, 0.717) is 5.91 Å². The van der Waals surface area contributed by atoms with Crippen LogP contribution in [0.2, 0.25) is 0 Å². The molecule has 0 bridgehead atoms. The molecule has 3 fully saturated rings. The van der Waals surface area contributed by atoms with Crippen LogP contribution in [0.4, 0.5) is 5.82 Å². The number of nitrogens with zero attached hydrogens (tertiary/aromatic N) is 7. The number of rotatable bonds is 3. The Hall–Kier alpha value is -2.19. The van der Waals surface area contributed by atoms with Crippen molar-refractivity contribution in [3.05, 3.63) is 23.5 Å². The van der Waals surface area contributed by atoms with Gasteiger partial charge in [-0.25, -0.2) is 4.98 Å². The van der Waals surface area contributed by atoms with E-state index in [4.69, 9.17) is 4.98 Å². The lowest BCUT2D eigenvalue weighted by Gasteiger charge is -2.45. The van der Waals surface area contributed by atoms with Crippen molar-refractivity contribution in [2.75, 3.05) is 64.3 Å². The van der Waals surface area contributed by atoms with Crippen molar-refractivity contribution in [2.24, 2.45) is 5.92 Å². The fraction of sp³-hybridized carbons (Fsp3) is 0.720. The Bertz CT molecular complexity index is 1000. The molecule has 0 atom stereocenters. The van der Waals surface area contributed by atoms with Crippen LogP contribution < -0.4 is 4.90 Å². The van der Waals surface area contributed by atoms with Crippen molar-refractivity contribution in [2.45, 2.75) is 51.0 Å². The van der Waals surface area contributed by atoms with Gasteiger partial charge in [0.25, 0.3) is 0 Å². The molecule has 1 saturated carbocycles. The number of anilines is 1. The minimum atomic E-state index is 0.106. The van der Waals surface area contributed by atoms with Gasteiger partial charge >= 0.3 is 0 Å². The number of amides is 1. The van der Waals surface area contributed by atoms with Gasteiger partial charge in [-0.1, -0.05) is 19.3 Å². The van der Waals surface area contributed by atoms with Crippen molar-refractivity contribution >= 4 is 17.4 Å². The number of likely N-dealkylation sites (N-methyl/N-ethyl adjacent to an activating group) is 1. The van der Waals surface area contributed by atoms with E-state index in [2.05, 4.69) is 31.7 Å². The third-order valence-electron chi connectivity index (χ3n) is 8.41. The summed E-state index contributed by atoms with van der Waals surface area (Å²) in [6.45, 7) is 7.55. The molecule has 4 aliphatic rings. The number of piperazine rings is 1. The maximum Gasteiger partial charge on any atom is 0.229 e. The molecule has 0 aromatic carbocycles. The summed E-state index contributed by atoms with van der Waals surface area (Å²) in [5, 5.41) is 4.59. The molecule has 2 aromatic heterocycles. The third kappa shape index (κ3) is 4.01. The summed E-state index contributed by atoms with van der Waals surface area (Å²) < 4.78 is 1.99. The maximum absolute atomic E-state index is 13.3. The smallest absolute Gasteiger partial charge is 0.229 e. The molecular formula is C25H37N7O.